The molecule has 0 spiro atoms. The molecule has 376 valence electrons. The highest BCUT2D eigenvalue weighted by atomic mass is 16.6. The molecule has 0 atom stereocenters. The number of esters is 4. The van der Waals surface area contributed by atoms with Crippen molar-refractivity contribution in [2.45, 2.75) is 34.6 Å². The molecule has 2 heterocycles. The van der Waals surface area contributed by atoms with Crippen molar-refractivity contribution in [1.29, 1.82) is 0 Å². The van der Waals surface area contributed by atoms with Crippen LogP contribution in [0.5, 0.6) is 0 Å². The number of carbonyl (C=O) groups excluding carboxylic acids is 5. The van der Waals surface area contributed by atoms with Gasteiger partial charge in [0.15, 0.2) is 11.4 Å². The number of aromatic amines is 2. The van der Waals surface area contributed by atoms with E-state index in [4.69, 9.17) is 34.5 Å². The van der Waals surface area contributed by atoms with E-state index in [-0.39, 0.29) is 60.7 Å². The Morgan fingerprint density at radius 3 is 1.45 bits per heavy atom. The van der Waals surface area contributed by atoms with Crippen molar-refractivity contribution in [2.24, 2.45) is 0 Å². The van der Waals surface area contributed by atoms with Crippen LogP contribution in [-0.4, -0.2) is 97.5 Å². The predicted octanol–water partition coefficient (Wildman–Crippen LogP) is 6.99. The van der Waals surface area contributed by atoms with Crippen LogP contribution in [-0.2, 0) is 47.6 Å². The number of ether oxygens (including phenoxy) is 6. The minimum atomic E-state index is -1.21. The standard InChI is InChI=1S/C14H17NO4.C12H11NO3.C10H7NO3.C10H16O5.C6H7N/c1-3-18-13(16)12(14(17)19-4-2)10-15-11-8-6-5-7-9-11;1-2-16-12(15)9-7-13-10-6-4-3-5-8(10)11(9)14;12-9-6-3-1-2-4-8(6)11-5-7(9)10(13)14;1-4-14-6-8(9(11)7-13-3)10(12)15-5-2;7-6-4-2-1-3-5-6/h5-10,15H,3-4H2,1-2H3;3-7H,2H2,1H3,(H,13,14);1-5H,(H,11,12)(H,13,14);6H,4-5,7H2,1-3H3;1-5H,7H2/b;;;8-6-;. The van der Waals surface area contributed by atoms with E-state index in [2.05, 4.69) is 20.0 Å². The molecule has 0 amide bonds. The van der Waals surface area contributed by atoms with Gasteiger partial charge in [-0.25, -0.2) is 24.0 Å². The quantitative estimate of drug-likeness (QED) is 0.0124. The first-order valence-electron chi connectivity index (χ1n) is 22.0. The number of anilines is 2. The van der Waals surface area contributed by atoms with Gasteiger partial charge < -0.3 is 54.5 Å². The molecule has 0 bridgehead atoms. The summed E-state index contributed by atoms with van der Waals surface area (Å²) in [6.07, 6.45) is 5.01. The van der Waals surface area contributed by atoms with Crippen LogP contribution >= 0.6 is 0 Å². The van der Waals surface area contributed by atoms with Crippen molar-refractivity contribution < 1.29 is 62.3 Å². The lowest BCUT2D eigenvalue weighted by Crippen LogP contribution is -2.20. The van der Waals surface area contributed by atoms with Crippen LogP contribution in [0.25, 0.3) is 21.8 Å². The second-order valence-corrected chi connectivity index (χ2v) is 13.7. The lowest BCUT2D eigenvalue weighted by atomic mass is 10.1. The Morgan fingerprint density at radius 1 is 0.577 bits per heavy atom. The van der Waals surface area contributed by atoms with Crippen LogP contribution in [0.1, 0.15) is 55.3 Å². The number of benzene rings is 4. The summed E-state index contributed by atoms with van der Waals surface area (Å²) < 4.78 is 28.7. The third-order valence-electron chi connectivity index (χ3n) is 8.69. The highest BCUT2D eigenvalue weighted by Gasteiger charge is 2.21. The maximum absolute atomic E-state index is 11.9. The molecule has 0 aliphatic heterocycles. The second kappa shape index (κ2) is 32.8. The molecule has 6 rings (SSSR count). The maximum Gasteiger partial charge on any atom is 0.347 e. The number of aromatic nitrogens is 2. The van der Waals surface area contributed by atoms with Gasteiger partial charge in [-0.05, 0) is 83.1 Å². The van der Waals surface area contributed by atoms with Crippen molar-refractivity contribution >= 4 is 68.8 Å². The highest BCUT2D eigenvalue weighted by Crippen LogP contribution is 2.10. The molecule has 19 nitrogen and oxygen atoms in total. The summed E-state index contributed by atoms with van der Waals surface area (Å²) in [4.78, 5) is 97.3. The Morgan fingerprint density at radius 2 is 1.01 bits per heavy atom. The van der Waals surface area contributed by atoms with Gasteiger partial charge in [-0.2, -0.15) is 0 Å². The van der Waals surface area contributed by atoms with Gasteiger partial charge in [0, 0.05) is 58.9 Å². The molecule has 0 saturated heterocycles. The van der Waals surface area contributed by atoms with Crippen molar-refractivity contribution in [3.8, 4) is 0 Å². The molecular formula is C52H58N4O15. The van der Waals surface area contributed by atoms with E-state index in [0.29, 0.717) is 28.4 Å². The third-order valence-corrected chi connectivity index (χ3v) is 8.69. The lowest BCUT2D eigenvalue weighted by Gasteiger charge is -2.07. The minimum absolute atomic E-state index is 0.0422. The first kappa shape index (κ1) is 58.3. The Bertz CT molecular complexity index is 2800. The third kappa shape index (κ3) is 20.1. The number of carbonyl (C=O) groups is 6. The zero-order valence-corrected chi connectivity index (χ0v) is 40.2. The number of hydrogen-bond acceptors (Lipinski definition) is 16. The number of nitrogen functional groups attached to an aromatic ring is 1. The van der Waals surface area contributed by atoms with E-state index < -0.39 is 41.1 Å². The minimum Gasteiger partial charge on any atom is -0.500 e. The fourth-order valence-corrected chi connectivity index (χ4v) is 5.43. The molecule has 71 heavy (non-hydrogen) atoms. The number of H-pyrrole nitrogens is 2. The molecule has 0 radical (unpaired) electrons. The smallest absolute Gasteiger partial charge is 0.347 e. The number of aromatic carboxylic acids is 1. The summed E-state index contributed by atoms with van der Waals surface area (Å²) in [7, 11) is 1.38. The number of methoxy groups -OCH3 is 1. The Hall–Kier alpha value is -8.84. The van der Waals surface area contributed by atoms with E-state index in [1.165, 1.54) is 25.7 Å². The van der Waals surface area contributed by atoms with Crippen molar-refractivity contribution in [3.05, 3.63) is 177 Å². The van der Waals surface area contributed by atoms with Gasteiger partial charge in [-0.1, -0.05) is 60.7 Å². The lowest BCUT2D eigenvalue weighted by molar-refractivity contribution is -0.147. The van der Waals surface area contributed by atoms with Crippen LogP contribution in [0.4, 0.5) is 11.4 Å². The fraction of sp³-hybridized carbons (Fsp3) is 0.231. The number of rotatable bonds is 16. The summed E-state index contributed by atoms with van der Waals surface area (Å²) in [6, 6.07) is 32.5. The molecular weight excluding hydrogens is 921 g/mol. The number of fused-ring (bicyclic) bond motifs is 2. The molecule has 0 unspecified atom stereocenters. The summed E-state index contributed by atoms with van der Waals surface area (Å²) >= 11 is 0. The van der Waals surface area contributed by atoms with Gasteiger partial charge in [0.1, 0.15) is 29.6 Å². The second-order valence-electron chi connectivity index (χ2n) is 13.7. The Kier molecular flexibility index (Phi) is 26.9. The van der Waals surface area contributed by atoms with Gasteiger partial charge in [0.25, 0.3) is 0 Å². The van der Waals surface area contributed by atoms with Gasteiger partial charge in [0.2, 0.25) is 10.9 Å². The number of nitrogens with two attached hydrogens (primary N) is 1. The Balaban J connectivity index is 0.000000311. The van der Waals surface area contributed by atoms with Crippen molar-refractivity contribution in [1.82, 2.24) is 9.97 Å². The largest absolute Gasteiger partial charge is 0.500 e. The molecule has 0 fully saturated rings. The summed E-state index contributed by atoms with van der Waals surface area (Å²) in [5, 5.41) is 12.5. The van der Waals surface area contributed by atoms with Crippen LogP contribution < -0.4 is 21.9 Å². The van der Waals surface area contributed by atoms with E-state index >= 15 is 0 Å². The monoisotopic (exact) mass is 978 g/mol. The molecule has 0 aliphatic carbocycles. The number of Topliss-reactive ketones (excluding diaryl/α,β-unsaturated/α-hetero) is 1. The van der Waals surface area contributed by atoms with Crippen LogP contribution in [0.2, 0.25) is 0 Å². The average molecular weight is 979 g/mol. The van der Waals surface area contributed by atoms with E-state index in [0.717, 1.165) is 17.6 Å². The summed E-state index contributed by atoms with van der Waals surface area (Å²) in [5.74, 6) is -4.35. The first-order valence-corrected chi connectivity index (χ1v) is 22.0. The number of carboxylic acids is 1. The Labute approximate surface area is 409 Å². The molecule has 0 saturated carbocycles. The zero-order valence-electron chi connectivity index (χ0n) is 40.2. The molecule has 4 aromatic carbocycles. The summed E-state index contributed by atoms with van der Waals surface area (Å²) in [6.45, 7) is 9.52. The molecule has 19 heteroatoms. The van der Waals surface area contributed by atoms with E-state index in [9.17, 15) is 38.4 Å². The predicted molar refractivity (Wildman–Crippen MR) is 268 cm³/mol. The van der Waals surface area contributed by atoms with Crippen LogP contribution in [0, 0.1) is 0 Å². The van der Waals surface area contributed by atoms with Gasteiger partial charge >= 0.3 is 29.8 Å². The summed E-state index contributed by atoms with van der Waals surface area (Å²) in [5.41, 5.74) is 7.06. The van der Waals surface area contributed by atoms with Crippen molar-refractivity contribution in [3.63, 3.8) is 0 Å². The number of nitrogens with one attached hydrogen (secondary N) is 3. The average Bonchev–Trinajstić information content (AvgIpc) is 3.36. The fourth-order valence-electron chi connectivity index (χ4n) is 5.43. The van der Waals surface area contributed by atoms with E-state index in [1.807, 2.05) is 66.7 Å². The van der Waals surface area contributed by atoms with E-state index in [1.54, 1.807) is 77.1 Å². The van der Waals surface area contributed by atoms with Crippen LogP contribution in [0.15, 0.2) is 155 Å². The number of hydrogen-bond donors (Lipinski definition) is 5. The highest BCUT2D eigenvalue weighted by molar-refractivity contribution is 6.17. The zero-order chi connectivity index (χ0) is 52.6. The number of para-hydroxylation sites is 4. The SMILES string of the molecule is CCO/C=C(/C(=O)COC)C(=O)OCC.CCOC(=O)C(=CNc1ccccc1)C(=O)OCC.CCOC(=O)c1c[nH]c2ccccc2c1=O.Nc1ccccc1.O=C(O)c1c[nH]c2ccccc2c1=O. The number of ketones is 1. The van der Waals surface area contributed by atoms with Crippen LogP contribution in [0.3, 0.4) is 0 Å². The normalized spacial score (nSPS) is 10.0. The van der Waals surface area contributed by atoms with Gasteiger partial charge in [-0.3, -0.25) is 14.4 Å². The molecule has 2 aromatic heterocycles. The maximum atomic E-state index is 11.9. The van der Waals surface area contributed by atoms with Gasteiger partial charge in [0.05, 0.1) is 33.0 Å². The van der Waals surface area contributed by atoms with Crippen molar-refractivity contribution in [2.75, 3.05) is 57.8 Å². The number of carboxylic acid groups (broad SMARTS) is 1. The molecule has 6 N–H and O–H groups in total. The number of pyridine rings is 2. The topological polar surface area (TPSA) is 282 Å². The molecule has 6 aromatic rings. The van der Waals surface area contributed by atoms with Gasteiger partial charge in [-0.15, -0.1) is 0 Å². The first-order chi connectivity index (χ1) is 34.2. The molecule has 0 aliphatic rings.